The van der Waals surface area contributed by atoms with Gasteiger partial charge in [-0.3, -0.25) is 4.79 Å². The second-order valence-corrected chi connectivity index (χ2v) is 4.42. The highest BCUT2D eigenvalue weighted by atomic mass is 16.5. The zero-order chi connectivity index (χ0) is 10.7. The van der Waals surface area contributed by atoms with Crippen LogP contribution in [0.4, 0.5) is 0 Å². The summed E-state index contributed by atoms with van der Waals surface area (Å²) in [6.07, 6.45) is 3.99. The average molecular weight is 212 g/mol. The van der Waals surface area contributed by atoms with Crippen LogP contribution in [0.5, 0.6) is 0 Å². The molecule has 15 heavy (non-hydrogen) atoms. The van der Waals surface area contributed by atoms with E-state index in [0.717, 1.165) is 25.9 Å². The van der Waals surface area contributed by atoms with Crippen molar-refractivity contribution in [1.29, 1.82) is 0 Å². The Hall–Kier alpha value is -0.610. The summed E-state index contributed by atoms with van der Waals surface area (Å²) in [4.78, 5) is 14.1. The third-order valence-corrected chi connectivity index (χ3v) is 3.46. The predicted octanol–water partition coefficient (Wildman–Crippen LogP) is 0.376. The van der Waals surface area contributed by atoms with Gasteiger partial charge in [0.15, 0.2) is 0 Å². The van der Waals surface area contributed by atoms with Gasteiger partial charge in [-0.05, 0) is 25.8 Å². The minimum absolute atomic E-state index is 0.271. The van der Waals surface area contributed by atoms with Crippen molar-refractivity contribution < 1.29 is 9.53 Å². The van der Waals surface area contributed by atoms with Crippen molar-refractivity contribution in [3.8, 4) is 0 Å². The van der Waals surface area contributed by atoms with Gasteiger partial charge in [0.2, 0.25) is 5.91 Å². The van der Waals surface area contributed by atoms with Gasteiger partial charge in [0.05, 0.1) is 13.0 Å². The Kier molecular flexibility index (Phi) is 3.59. The van der Waals surface area contributed by atoms with Crippen LogP contribution in [0, 0.1) is 0 Å². The third kappa shape index (κ3) is 2.32. The number of fused-ring (bicyclic) bond motifs is 2. The molecule has 1 N–H and O–H groups in total. The fourth-order valence-corrected chi connectivity index (χ4v) is 2.71. The van der Waals surface area contributed by atoms with Gasteiger partial charge in [0.1, 0.15) is 0 Å². The molecule has 0 radical (unpaired) electrons. The highest BCUT2D eigenvalue weighted by Gasteiger charge is 2.37. The number of methoxy groups -OCH3 is 1. The van der Waals surface area contributed by atoms with Crippen molar-refractivity contribution in [2.24, 2.45) is 0 Å². The van der Waals surface area contributed by atoms with Crippen LogP contribution in [-0.4, -0.2) is 49.7 Å². The standard InChI is InChI=1S/C11H20N2O2/c1-15-7-5-11(14)13-9-2-3-10(13)8-12-6-4-9/h9-10,12H,2-8H2,1H3. The molecule has 2 rings (SSSR count). The van der Waals surface area contributed by atoms with Crippen LogP contribution in [0.15, 0.2) is 0 Å². The van der Waals surface area contributed by atoms with Crippen molar-refractivity contribution in [3.63, 3.8) is 0 Å². The molecule has 2 aliphatic heterocycles. The second kappa shape index (κ2) is 4.94. The average Bonchev–Trinajstić information content (AvgIpc) is 2.49. The molecule has 0 aliphatic carbocycles. The SMILES string of the molecule is COCCC(=O)N1C2CCNCC1CC2. The molecule has 4 heteroatoms. The lowest BCUT2D eigenvalue weighted by molar-refractivity contribution is -0.134. The first-order valence-electron chi connectivity index (χ1n) is 5.83. The Morgan fingerprint density at radius 2 is 2.20 bits per heavy atom. The fourth-order valence-electron chi connectivity index (χ4n) is 2.71. The van der Waals surface area contributed by atoms with E-state index in [1.54, 1.807) is 7.11 Å². The minimum Gasteiger partial charge on any atom is -0.384 e. The lowest BCUT2D eigenvalue weighted by Crippen LogP contribution is -2.42. The molecule has 1 amide bonds. The van der Waals surface area contributed by atoms with Gasteiger partial charge in [0.25, 0.3) is 0 Å². The fraction of sp³-hybridized carbons (Fsp3) is 0.909. The Labute approximate surface area is 91.0 Å². The number of nitrogens with one attached hydrogen (secondary N) is 1. The van der Waals surface area contributed by atoms with Crippen LogP contribution in [-0.2, 0) is 9.53 Å². The van der Waals surface area contributed by atoms with Crippen LogP contribution in [0.2, 0.25) is 0 Å². The normalized spacial score (nSPS) is 30.3. The predicted molar refractivity (Wildman–Crippen MR) is 57.6 cm³/mol. The van der Waals surface area contributed by atoms with E-state index in [9.17, 15) is 4.79 Å². The van der Waals surface area contributed by atoms with E-state index in [4.69, 9.17) is 4.74 Å². The highest BCUT2D eigenvalue weighted by Crippen LogP contribution is 2.28. The third-order valence-electron chi connectivity index (χ3n) is 3.46. The summed E-state index contributed by atoms with van der Waals surface area (Å²) in [5, 5.41) is 3.39. The summed E-state index contributed by atoms with van der Waals surface area (Å²) in [5.41, 5.74) is 0. The topological polar surface area (TPSA) is 41.6 Å². The first-order valence-corrected chi connectivity index (χ1v) is 5.83. The van der Waals surface area contributed by atoms with Gasteiger partial charge in [-0.2, -0.15) is 0 Å². The van der Waals surface area contributed by atoms with Crippen molar-refractivity contribution in [2.75, 3.05) is 26.8 Å². The number of carbonyl (C=O) groups excluding carboxylic acids is 1. The van der Waals surface area contributed by atoms with E-state index in [2.05, 4.69) is 10.2 Å². The van der Waals surface area contributed by atoms with E-state index < -0.39 is 0 Å². The number of hydrogen-bond acceptors (Lipinski definition) is 3. The largest absolute Gasteiger partial charge is 0.384 e. The molecule has 2 fully saturated rings. The van der Waals surface area contributed by atoms with Crippen LogP contribution in [0.25, 0.3) is 0 Å². The molecule has 0 aromatic rings. The Morgan fingerprint density at radius 1 is 1.40 bits per heavy atom. The molecule has 86 valence electrons. The molecule has 2 saturated heterocycles. The molecule has 2 aliphatic rings. The van der Waals surface area contributed by atoms with Crippen molar-refractivity contribution in [1.82, 2.24) is 10.2 Å². The van der Waals surface area contributed by atoms with Crippen molar-refractivity contribution in [2.45, 2.75) is 37.8 Å². The maximum Gasteiger partial charge on any atom is 0.225 e. The van der Waals surface area contributed by atoms with Crippen molar-refractivity contribution in [3.05, 3.63) is 0 Å². The van der Waals surface area contributed by atoms with Crippen LogP contribution in [0.1, 0.15) is 25.7 Å². The summed E-state index contributed by atoms with van der Waals surface area (Å²) in [6.45, 7) is 2.56. The second-order valence-electron chi connectivity index (χ2n) is 4.42. The van der Waals surface area contributed by atoms with Crippen LogP contribution >= 0.6 is 0 Å². The molecular formula is C11H20N2O2. The van der Waals surface area contributed by atoms with Gasteiger partial charge >= 0.3 is 0 Å². The molecule has 2 heterocycles. The Morgan fingerprint density at radius 3 is 3.00 bits per heavy atom. The first-order chi connectivity index (χ1) is 7.33. The number of rotatable bonds is 3. The molecule has 0 aromatic heterocycles. The van der Waals surface area contributed by atoms with Gasteiger partial charge < -0.3 is 15.0 Å². The maximum atomic E-state index is 12.0. The zero-order valence-electron chi connectivity index (χ0n) is 9.37. The van der Waals surface area contributed by atoms with Gasteiger partial charge in [-0.25, -0.2) is 0 Å². The highest BCUT2D eigenvalue weighted by molar-refractivity contribution is 5.77. The van der Waals surface area contributed by atoms with E-state index in [0.29, 0.717) is 25.1 Å². The van der Waals surface area contributed by atoms with Gasteiger partial charge in [-0.1, -0.05) is 0 Å². The maximum absolute atomic E-state index is 12.0. The summed E-state index contributed by atoms with van der Waals surface area (Å²) < 4.78 is 4.96. The quantitative estimate of drug-likeness (QED) is 0.735. The number of ether oxygens (including phenoxy) is 1. The molecule has 2 bridgehead atoms. The van der Waals surface area contributed by atoms with Crippen LogP contribution in [0.3, 0.4) is 0 Å². The van der Waals surface area contributed by atoms with E-state index >= 15 is 0 Å². The first kappa shape index (κ1) is 10.9. The molecule has 4 nitrogen and oxygen atoms in total. The molecule has 2 unspecified atom stereocenters. The molecule has 0 saturated carbocycles. The lowest BCUT2D eigenvalue weighted by atomic mass is 10.1. The van der Waals surface area contributed by atoms with Crippen molar-refractivity contribution >= 4 is 5.91 Å². The van der Waals surface area contributed by atoms with E-state index in [-0.39, 0.29) is 5.91 Å². The molecule has 0 aromatic carbocycles. The summed E-state index contributed by atoms with van der Waals surface area (Å²) in [6, 6.07) is 0.913. The summed E-state index contributed by atoms with van der Waals surface area (Å²) >= 11 is 0. The van der Waals surface area contributed by atoms with Gasteiger partial charge in [0, 0.05) is 25.7 Å². The number of carbonyl (C=O) groups is 1. The number of amides is 1. The van der Waals surface area contributed by atoms with Crippen LogP contribution < -0.4 is 5.32 Å². The zero-order valence-corrected chi connectivity index (χ0v) is 9.37. The number of hydrogen-bond donors (Lipinski definition) is 1. The van der Waals surface area contributed by atoms with E-state index in [1.807, 2.05) is 0 Å². The smallest absolute Gasteiger partial charge is 0.225 e. The monoisotopic (exact) mass is 212 g/mol. The molecule has 0 spiro atoms. The van der Waals surface area contributed by atoms with Gasteiger partial charge in [-0.15, -0.1) is 0 Å². The molecule has 2 atom stereocenters. The number of nitrogens with zero attached hydrogens (tertiary/aromatic N) is 1. The summed E-state index contributed by atoms with van der Waals surface area (Å²) in [7, 11) is 1.64. The lowest BCUT2D eigenvalue weighted by Gasteiger charge is -2.27. The van der Waals surface area contributed by atoms with E-state index in [1.165, 1.54) is 6.42 Å². The Balaban J connectivity index is 1.97. The Bertz CT molecular complexity index is 219. The summed E-state index contributed by atoms with van der Waals surface area (Å²) in [5.74, 6) is 0.271. The molecular weight excluding hydrogens is 192 g/mol. The minimum atomic E-state index is 0.271.